The van der Waals surface area contributed by atoms with E-state index in [4.69, 9.17) is 11.6 Å². The fraction of sp³-hybridized carbons (Fsp3) is 0.727. The minimum absolute atomic E-state index is 0.368. The summed E-state index contributed by atoms with van der Waals surface area (Å²) >= 11 is 6.13. The number of hydrogen-bond donors (Lipinski definition) is 0. The maximum Gasteiger partial charge on any atom is 0.0945 e. The summed E-state index contributed by atoms with van der Waals surface area (Å²) in [5.74, 6) is 0. The van der Waals surface area contributed by atoms with E-state index in [-0.39, 0.29) is 0 Å². The van der Waals surface area contributed by atoms with Crippen LogP contribution in [0.15, 0.2) is 18.7 Å². The predicted molar refractivity (Wildman–Crippen MR) is 62.2 cm³/mol. The van der Waals surface area contributed by atoms with Gasteiger partial charge in [-0.2, -0.15) is 0 Å². The van der Waals surface area contributed by atoms with E-state index < -0.39 is 0 Å². The number of halogens is 1. The molecule has 0 N–H and O–H groups in total. The van der Waals surface area contributed by atoms with Crippen molar-refractivity contribution >= 4 is 11.6 Å². The molecular weight excluding hydrogens is 210 g/mol. The van der Waals surface area contributed by atoms with Gasteiger partial charge in [-0.25, -0.2) is 4.98 Å². The van der Waals surface area contributed by atoms with Gasteiger partial charge in [0.1, 0.15) is 0 Å². The fourth-order valence-corrected chi connectivity index (χ4v) is 2.45. The van der Waals surface area contributed by atoms with Gasteiger partial charge in [-0.3, -0.25) is 0 Å². The van der Waals surface area contributed by atoms with Crippen LogP contribution in [0.4, 0.5) is 0 Å². The van der Waals surface area contributed by atoms with Gasteiger partial charge in [0.2, 0.25) is 0 Å². The summed E-state index contributed by atoms with van der Waals surface area (Å²) in [6.45, 7) is 4.49. The molecule has 0 spiro atoms. The van der Waals surface area contributed by atoms with Gasteiger partial charge >= 0.3 is 0 Å². The number of alkyl halides is 1. The highest BCUT2D eigenvalue weighted by molar-refractivity contribution is 6.20. The van der Waals surface area contributed by atoms with Gasteiger partial charge in [0, 0.05) is 30.9 Å². The third kappa shape index (κ3) is 3.50. The van der Waals surface area contributed by atoms with Crippen molar-refractivity contribution in [3.8, 4) is 0 Å². The fourth-order valence-electron chi connectivity index (χ4n) is 2.10. The molecular formula is C11H18ClN3. The Morgan fingerprint density at radius 3 is 3.07 bits per heavy atom. The van der Waals surface area contributed by atoms with E-state index in [9.17, 15) is 0 Å². The predicted octanol–water partition coefficient (Wildman–Crippen LogP) is 1.98. The average molecular weight is 228 g/mol. The molecule has 2 rings (SSSR count). The molecule has 1 fully saturated rings. The van der Waals surface area contributed by atoms with E-state index >= 15 is 0 Å². The maximum absolute atomic E-state index is 6.13. The van der Waals surface area contributed by atoms with Crippen molar-refractivity contribution in [2.75, 3.05) is 19.6 Å². The zero-order valence-corrected chi connectivity index (χ0v) is 9.73. The summed E-state index contributed by atoms with van der Waals surface area (Å²) < 4.78 is 2.13. The van der Waals surface area contributed by atoms with Crippen LogP contribution in [0, 0.1) is 0 Å². The van der Waals surface area contributed by atoms with Crippen LogP contribution >= 0.6 is 11.6 Å². The molecule has 1 aromatic rings. The van der Waals surface area contributed by atoms with E-state index in [1.54, 1.807) is 0 Å². The van der Waals surface area contributed by atoms with Crippen LogP contribution < -0.4 is 0 Å². The van der Waals surface area contributed by atoms with Crippen molar-refractivity contribution < 1.29 is 0 Å². The molecule has 1 aliphatic heterocycles. The molecule has 15 heavy (non-hydrogen) atoms. The van der Waals surface area contributed by atoms with Crippen molar-refractivity contribution in [1.29, 1.82) is 0 Å². The van der Waals surface area contributed by atoms with Crippen molar-refractivity contribution in [3.05, 3.63) is 18.7 Å². The maximum atomic E-state index is 6.13. The molecule has 1 saturated heterocycles. The molecule has 3 nitrogen and oxygen atoms in total. The van der Waals surface area contributed by atoms with Gasteiger partial charge in [-0.1, -0.05) is 0 Å². The van der Waals surface area contributed by atoms with Gasteiger partial charge in [-0.05, 0) is 32.4 Å². The Morgan fingerprint density at radius 2 is 2.33 bits per heavy atom. The second-order valence-corrected chi connectivity index (χ2v) is 4.81. The Kier molecular flexibility index (Phi) is 4.03. The van der Waals surface area contributed by atoms with E-state index in [2.05, 4.69) is 14.5 Å². The number of aryl methyl sites for hydroxylation is 1. The lowest BCUT2D eigenvalue weighted by atomic mass is 10.1. The van der Waals surface area contributed by atoms with E-state index in [0.29, 0.717) is 5.38 Å². The van der Waals surface area contributed by atoms with Crippen molar-refractivity contribution in [2.24, 2.45) is 0 Å². The molecule has 0 aromatic carbocycles. The topological polar surface area (TPSA) is 21.1 Å². The second-order valence-electron chi connectivity index (χ2n) is 4.19. The molecule has 0 aliphatic carbocycles. The Hall–Kier alpha value is -0.540. The number of hydrogen-bond acceptors (Lipinski definition) is 2. The van der Waals surface area contributed by atoms with Crippen LogP contribution in [0.1, 0.15) is 19.3 Å². The summed E-state index contributed by atoms with van der Waals surface area (Å²) in [5.41, 5.74) is 0. The minimum atomic E-state index is 0.368. The normalized spacial score (nSPS) is 23.1. The first kappa shape index (κ1) is 11.0. The summed E-state index contributed by atoms with van der Waals surface area (Å²) in [7, 11) is 0. The SMILES string of the molecule is ClC1CCCN(CCCn2ccnc2)C1. The molecule has 1 aliphatic rings. The van der Waals surface area contributed by atoms with Gasteiger partial charge in [0.15, 0.2) is 0 Å². The zero-order valence-electron chi connectivity index (χ0n) is 8.98. The lowest BCUT2D eigenvalue weighted by Crippen LogP contribution is -2.36. The average Bonchev–Trinajstić information content (AvgIpc) is 2.71. The van der Waals surface area contributed by atoms with Crippen LogP contribution in [0.5, 0.6) is 0 Å². The molecule has 1 atom stereocenters. The molecule has 0 saturated carbocycles. The molecule has 0 bridgehead atoms. The molecule has 4 heteroatoms. The van der Waals surface area contributed by atoms with Crippen LogP contribution in [0.2, 0.25) is 0 Å². The largest absolute Gasteiger partial charge is 0.337 e. The number of nitrogens with zero attached hydrogens (tertiary/aromatic N) is 3. The number of imidazole rings is 1. The molecule has 1 unspecified atom stereocenters. The number of aromatic nitrogens is 2. The van der Waals surface area contributed by atoms with Gasteiger partial charge < -0.3 is 9.47 Å². The lowest BCUT2D eigenvalue weighted by Gasteiger charge is -2.29. The second kappa shape index (κ2) is 5.52. The Bertz CT molecular complexity index is 273. The monoisotopic (exact) mass is 227 g/mol. The van der Waals surface area contributed by atoms with E-state index in [1.807, 2.05) is 18.7 Å². The highest BCUT2D eigenvalue weighted by atomic mass is 35.5. The van der Waals surface area contributed by atoms with Gasteiger partial charge in [0.05, 0.1) is 6.33 Å². The third-order valence-electron chi connectivity index (χ3n) is 2.90. The van der Waals surface area contributed by atoms with Crippen molar-refractivity contribution in [3.63, 3.8) is 0 Å². The van der Waals surface area contributed by atoms with Crippen LogP contribution in [0.3, 0.4) is 0 Å². The highest BCUT2D eigenvalue weighted by Gasteiger charge is 2.16. The highest BCUT2D eigenvalue weighted by Crippen LogP contribution is 2.15. The molecule has 2 heterocycles. The van der Waals surface area contributed by atoms with E-state index in [1.165, 1.54) is 25.8 Å². The van der Waals surface area contributed by atoms with Gasteiger partial charge in [0.25, 0.3) is 0 Å². The lowest BCUT2D eigenvalue weighted by molar-refractivity contribution is 0.226. The first-order valence-corrected chi connectivity index (χ1v) is 6.10. The minimum Gasteiger partial charge on any atom is -0.337 e. The van der Waals surface area contributed by atoms with Crippen molar-refractivity contribution in [2.45, 2.75) is 31.2 Å². The standard InChI is InChI=1S/C11H18ClN3/c12-11-3-1-5-14(9-11)6-2-7-15-8-4-13-10-15/h4,8,10-11H,1-3,5-7,9H2. The Morgan fingerprint density at radius 1 is 1.40 bits per heavy atom. The first-order chi connectivity index (χ1) is 7.34. The number of likely N-dealkylation sites (tertiary alicyclic amines) is 1. The summed E-state index contributed by atoms with van der Waals surface area (Å²) in [4.78, 5) is 6.50. The summed E-state index contributed by atoms with van der Waals surface area (Å²) in [6, 6.07) is 0. The van der Waals surface area contributed by atoms with Crippen molar-refractivity contribution in [1.82, 2.24) is 14.5 Å². The first-order valence-electron chi connectivity index (χ1n) is 5.67. The van der Waals surface area contributed by atoms with Crippen LogP contribution in [0.25, 0.3) is 0 Å². The van der Waals surface area contributed by atoms with Crippen LogP contribution in [-0.4, -0.2) is 39.5 Å². The quantitative estimate of drug-likeness (QED) is 0.734. The Labute approximate surface area is 96.0 Å². The molecule has 0 amide bonds. The molecule has 0 radical (unpaired) electrons. The third-order valence-corrected chi connectivity index (χ3v) is 3.25. The number of piperidine rings is 1. The van der Waals surface area contributed by atoms with E-state index in [0.717, 1.165) is 19.6 Å². The molecule has 84 valence electrons. The summed E-state index contributed by atoms with van der Waals surface area (Å²) in [6.07, 6.45) is 9.33. The van der Waals surface area contributed by atoms with Crippen LogP contribution in [-0.2, 0) is 6.54 Å². The number of rotatable bonds is 4. The zero-order chi connectivity index (χ0) is 10.5. The smallest absolute Gasteiger partial charge is 0.0945 e. The Balaban J connectivity index is 1.65. The summed E-state index contributed by atoms with van der Waals surface area (Å²) in [5, 5.41) is 0.368. The molecule has 1 aromatic heterocycles. The van der Waals surface area contributed by atoms with Gasteiger partial charge in [-0.15, -0.1) is 11.6 Å².